The van der Waals surface area contributed by atoms with Crippen LogP contribution in [0.4, 0.5) is 11.4 Å². The van der Waals surface area contributed by atoms with Gasteiger partial charge in [-0.3, -0.25) is 14.4 Å². The van der Waals surface area contributed by atoms with Crippen LogP contribution in [0.25, 0.3) is 44.5 Å². The van der Waals surface area contributed by atoms with Gasteiger partial charge in [0.05, 0.1) is 11.4 Å². The Labute approximate surface area is 312 Å². The number of nitrogens with one attached hydrogen (secondary N) is 1. The second-order valence-corrected chi connectivity index (χ2v) is 13.1. The lowest BCUT2D eigenvalue weighted by molar-refractivity contribution is -0.137. The van der Waals surface area contributed by atoms with Crippen LogP contribution in [0.2, 0.25) is 0 Å². The summed E-state index contributed by atoms with van der Waals surface area (Å²) in [6.07, 6.45) is 7.32. The molecule has 0 aliphatic heterocycles. The van der Waals surface area contributed by atoms with Gasteiger partial charge >= 0.3 is 0 Å². The summed E-state index contributed by atoms with van der Waals surface area (Å²) in [4.78, 5) is 33.3. The Bertz CT molecular complexity index is 2050. The van der Waals surface area contributed by atoms with Gasteiger partial charge in [0.15, 0.2) is 17.3 Å². The van der Waals surface area contributed by atoms with Crippen molar-refractivity contribution >= 4 is 28.7 Å². The van der Waals surface area contributed by atoms with E-state index in [-0.39, 0.29) is 17.3 Å². The number of hydrogen-bond donors (Lipinski definition) is 2. The SMILES string of the molecule is Nc1c(-c2ccccc2)cccc1-c1ccccc1.O=C1CCCC=C1Nc1c(-c2ccccc2)cccc1-c1ccccc1.O=C1CCCCC1=O. The highest BCUT2D eigenvalue weighted by molar-refractivity contribution is 6.37. The van der Waals surface area contributed by atoms with E-state index in [2.05, 4.69) is 90.2 Å². The summed E-state index contributed by atoms with van der Waals surface area (Å²) in [7, 11) is 0. The normalized spacial score (nSPS) is 13.8. The molecular formula is C48H44N2O3. The largest absolute Gasteiger partial charge is 0.398 e. The fraction of sp³-hybridized carbons (Fsp3) is 0.146. The van der Waals surface area contributed by atoms with Gasteiger partial charge in [-0.15, -0.1) is 0 Å². The molecule has 0 saturated heterocycles. The smallest absolute Gasteiger partial charge is 0.198 e. The number of ketones is 3. The molecule has 3 N–H and O–H groups in total. The second kappa shape index (κ2) is 18.2. The summed E-state index contributed by atoms with van der Waals surface area (Å²) in [6, 6.07) is 53.6. The standard InChI is InChI=1S/C24H21NO.C18H15N.C6H8O2/c26-23-17-8-7-16-22(23)25-24-20(18-10-3-1-4-11-18)14-9-15-21(24)19-12-5-2-6-13-19;19-18-16(14-8-3-1-4-9-14)12-7-13-17(18)15-10-5-2-6-11-15;7-5-3-1-2-4-6(5)8/h1-6,9-16,25H,7-8,17H2;1-13H,19H2;1-4H2. The molecule has 6 aromatic carbocycles. The van der Waals surface area contributed by atoms with Crippen LogP contribution in [0.1, 0.15) is 44.9 Å². The highest BCUT2D eigenvalue weighted by Crippen LogP contribution is 2.38. The van der Waals surface area contributed by atoms with Gasteiger partial charge in [0, 0.05) is 47.2 Å². The van der Waals surface area contributed by atoms with Crippen LogP contribution in [-0.4, -0.2) is 17.3 Å². The van der Waals surface area contributed by atoms with Crippen molar-refractivity contribution in [2.24, 2.45) is 0 Å². The Morgan fingerprint density at radius 1 is 0.396 bits per heavy atom. The number of nitrogens with two attached hydrogens (primary N) is 1. The van der Waals surface area contributed by atoms with Gasteiger partial charge in [-0.25, -0.2) is 0 Å². The molecule has 0 heterocycles. The number of carbonyl (C=O) groups is 3. The molecule has 1 saturated carbocycles. The molecule has 0 amide bonds. The molecule has 0 bridgehead atoms. The van der Waals surface area contributed by atoms with Gasteiger partial charge in [0.1, 0.15) is 0 Å². The molecule has 53 heavy (non-hydrogen) atoms. The monoisotopic (exact) mass is 696 g/mol. The molecule has 5 nitrogen and oxygen atoms in total. The van der Waals surface area contributed by atoms with E-state index in [1.807, 2.05) is 78.9 Å². The van der Waals surface area contributed by atoms with Crippen LogP contribution >= 0.6 is 0 Å². The quantitative estimate of drug-likeness (QED) is 0.134. The first-order valence-electron chi connectivity index (χ1n) is 18.3. The molecule has 2 aliphatic carbocycles. The number of allylic oxidation sites excluding steroid dienone is 2. The molecule has 264 valence electrons. The van der Waals surface area contributed by atoms with Crippen molar-refractivity contribution in [1.82, 2.24) is 0 Å². The fourth-order valence-corrected chi connectivity index (χ4v) is 6.57. The van der Waals surface area contributed by atoms with Crippen LogP contribution in [0.5, 0.6) is 0 Å². The van der Waals surface area contributed by atoms with Crippen molar-refractivity contribution in [3.05, 3.63) is 169 Å². The minimum atomic E-state index is -0.170. The third kappa shape index (κ3) is 9.52. The van der Waals surface area contributed by atoms with Crippen LogP contribution in [-0.2, 0) is 14.4 Å². The summed E-state index contributed by atoms with van der Waals surface area (Å²) >= 11 is 0. The second-order valence-electron chi connectivity index (χ2n) is 13.1. The summed E-state index contributed by atoms with van der Waals surface area (Å²) in [5.41, 5.74) is 17.8. The van der Waals surface area contributed by atoms with Gasteiger partial charge < -0.3 is 11.1 Å². The van der Waals surface area contributed by atoms with E-state index >= 15 is 0 Å². The predicted molar refractivity (Wildman–Crippen MR) is 218 cm³/mol. The van der Waals surface area contributed by atoms with Gasteiger partial charge in [0.2, 0.25) is 0 Å². The zero-order valence-corrected chi connectivity index (χ0v) is 29.8. The van der Waals surface area contributed by atoms with E-state index in [1.54, 1.807) is 0 Å². The molecule has 6 aromatic rings. The van der Waals surface area contributed by atoms with Crippen molar-refractivity contribution < 1.29 is 14.4 Å². The van der Waals surface area contributed by atoms with E-state index in [0.29, 0.717) is 19.3 Å². The highest BCUT2D eigenvalue weighted by atomic mass is 16.2. The first-order chi connectivity index (χ1) is 26.0. The molecule has 8 rings (SSSR count). The van der Waals surface area contributed by atoms with Gasteiger partial charge in [-0.2, -0.15) is 0 Å². The van der Waals surface area contributed by atoms with E-state index in [1.165, 1.54) is 0 Å². The maximum atomic E-state index is 12.4. The molecule has 0 unspecified atom stereocenters. The molecule has 0 atom stereocenters. The van der Waals surface area contributed by atoms with Crippen LogP contribution < -0.4 is 11.1 Å². The third-order valence-corrected chi connectivity index (χ3v) is 9.39. The number of hydrogen-bond acceptors (Lipinski definition) is 5. The van der Waals surface area contributed by atoms with Crippen molar-refractivity contribution in [3.8, 4) is 44.5 Å². The first-order valence-corrected chi connectivity index (χ1v) is 18.3. The molecule has 1 fully saturated rings. The van der Waals surface area contributed by atoms with Gasteiger partial charge in [0.25, 0.3) is 0 Å². The lowest BCUT2D eigenvalue weighted by Crippen LogP contribution is -2.17. The van der Waals surface area contributed by atoms with Crippen LogP contribution in [0.3, 0.4) is 0 Å². The summed E-state index contributed by atoms with van der Waals surface area (Å²) in [5.74, 6) is -0.148. The first kappa shape index (κ1) is 36.5. The van der Waals surface area contributed by atoms with Crippen molar-refractivity contribution in [1.29, 1.82) is 0 Å². The Morgan fingerprint density at radius 2 is 0.755 bits per heavy atom. The van der Waals surface area contributed by atoms with Crippen LogP contribution in [0.15, 0.2) is 169 Å². The fourth-order valence-electron chi connectivity index (χ4n) is 6.57. The third-order valence-electron chi connectivity index (χ3n) is 9.39. The van der Waals surface area contributed by atoms with Crippen molar-refractivity contribution in [2.45, 2.75) is 44.9 Å². The summed E-state index contributed by atoms with van der Waals surface area (Å²) < 4.78 is 0. The van der Waals surface area contributed by atoms with E-state index in [4.69, 9.17) is 5.73 Å². The number of rotatable bonds is 6. The average Bonchev–Trinajstić information content (AvgIpc) is 3.22. The minimum absolute atomic E-state index is 0.170. The Morgan fingerprint density at radius 3 is 1.13 bits per heavy atom. The Kier molecular flexibility index (Phi) is 12.6. The zero-order chi connectivity index (χ0) is 36.8. The number of nitrogen functional groups attached to an aromatic ring is 1. The molecule has 5 heteroatoms. The van der Waals surface area contributed by atoms with Gasteiger partial charge in [-0.05, 0) is 47.9 Å². The molecule has 0 spiro atoms. The molecule has 2 aliphatic rings. The summed E-state index contributed by atoms with van der Waals surface area (Å²) in [5, 5.41) is 3.48. The lowest BCUT2D eigenvalue weighted by Gasteiger charge is -2.20. The Hall–Kier alpha value is -6.33. The lowest BCUT2D eigenvalue weighted by atomic mass is 9.95. The number of carbonyl (C=O) groups excluding carboxylic acids is 3. The molecule has 0 radical (unpaired) electrons. The van der Waals surface area contributed by atoms with E-state index in [9.17, 15) is 14.4 Å². The maximum Gasteiger partial charge on any atom is 0.198 e. The number of para-hydroxylation sites is 2. The molecular weight excluding hydrogens is 653 g/mol. The zero-order valence-electron chi connectivity index (χ0n) is 29.8. The van der Waals surface area contributed by atoms with Crippen molar-refractivity contribution in [2.75, 3.05) is 11.1 Å². The summed E-state index contributed by atoms with van der Waals surface area (Å²) in [6.45, 7) is 0. The van der Waals surface area contributed by atoms with Crippen LogP contribution in [0, 0.1) is 0 Å². The van der Waals surface area contributed by atoms with E-state index in [0.717, 1.165) is 87.3 Å². The predicted octanol–water partition coefficient (Wildman–Crippen LogP) is 11.4. The number of anilines is 2. The van der Waals surface area contributed by atoms with Crippen molar-refractivity contribution in [3.63, 3.8) is 0 Å². The minimum Gasteiger partial charge on any atom is -0.398 e. The average molecular weight is 697 g/mol. The number of Topliss-reactive ketones (excluding diaryl/α,β-unsaturated/α-hetero) is 3. The maximum absolute atomic E-state index is 12.4. The highest BCUT2D eigenvalue weighted by Gasteiger charge is 2.19. The molecule has 0 aromatic heterocycles. The Balaban J connectivity index is 0.000000155. The van der Waals surface area contributed by atoms with Gasteiger partial charge in [-0.1, -0.05) is 164 Å². The van der Waals surface area contributed by atoms with E-state index < -0.39 is 0 Å². The number of benzene rings is 6. The topological polar surface area (TPSA) is 89.3 Å².